The van der Waals surface area contributed by atoms with E-state index >= 15 is 0 Å². The molecule has 1 atom stereocenters. The predicted octanol–water partition coefficient (Wildman–Crippen LogP) is 5.65. The van der Waals surface area contributed by atoms with E-state index in [1.807, 2.05) is 0 Å². The van der Waals surface area contributed by atoms with Crippen molar-refractivity contribution in [1.82, 2.24) is 4.90 Å². The third-order valence-electron chi connectivity index (χ3n) is 7.33. The molecule has 1 aliphatic heterocycles. The van der Waals surface area contributed by atoms with Crippen LogP contribution in [-0.2, 0) is 6.54 Å². The van der Waals surface area contributed by atoms with Gasteiger partial charge in [0.2, 0.25) is 0 Å². The summed E-state index contributed by atoms with van der Waals surface area (Å²) in [5, 5.41) is 11.0. The second-order valence-corrected chi connectivity index (χ2v) is 10.4. The quantitative estimate of drug-likeness (QED) is 0.711. The van der Waals surface area contributed by atoms with Crippen molar-refractivity contribution in [2.45, 2.75) is 65.1 Å². The number of aliphatic hydroxyl groups excluding tert-OH is 1. The van der Waals surface area contributed by atoms with E-state index in [0.29, 0.717) is 17.9 Å². The van der Waals surface area contributed by atoms with Crippen LogP contribution in [0.5, 0.6) is 0 Å². The third-order valence-corrected chi connectivity index (χ3v) is 7.33. The van der Waals surface area contributed by atoms with Gasteiger partial charge in [0.05, 0.1) is 0 Å². The molecule has 1 N–H and O–H groups in total. The highest BCUT2D eigenvalue weighted by molar-refractivity contribution is 5.56. The first kappa shape index (κ1) is 21.4. The van der Waals surface area contributed by atoms with Gasteiger partial charge in [-0.2, -0.15) is 0 Å². The van der Waals surface area contributed by atoms with Gasteiger partial charge in [-0.3, -0.25) is 4.90 Å². The summed E-state index contributed by atoms with van der Waals surface area (Å²) in [7, 11) is 0. The molecule has 4 rings (SSSR count). The highest BCUT2D eigenvalue weighted by atomic mass is 16.3. The molecule has 0 radical (unpaired) electrons. The van der Waals surface area contributed by atoms with Crippen LogP contribution in [0.2, 0.25) is 0 Å². The van der Waals surface area contributed by atoms with Gasteiger partial charge in [-0.15, -0.1) is 0 Å². The molecule has 162 valence electrons. The molecule has 2 aromatic carbocycles. The minimum absolute atomic E-state index is 0.412. The standard InChI is InChI=1S/C27H38N2O/c1-27(2,3)23-15-13-22(14-16-23)24-11-7-8-12-25(24)29-18-17-28(20-26(29)30)19-21-9-5-4-6-10-21/h4-12,22-23,26,30H,13-20H2,1-3H3. The van der Waals surface area contributed by atoms with Crippen LogP contribution in [0, 0.1) is 11.3 Å². The SMILES string of the molecule is CC(C)(C)C1CCC(c2ccccc2N2CCN(Cc3ccccc3)CC2O)CC1. The summed E-state index contributed by atoms with van der Waals surface area (Å²) in [5.74, 6) is 1.45. The van der Waals surface area contributed by atoms with E-state index in [9.17, 15) is 5.11 Å². The van der Waals surface area contributed by atoms with Crippen LogP contribution < -0.4 is 4.90 Å². The van der Waals surface area contributed by atoms with Gasteiger partial charge >= 0.3 is 0 Å². The molecule has 2 fully saturated rings. The van der Waals surface area contributed by atoms with Crippen LogP contribution in [0.4, 0.5) is 5.69 Å². The van der Waals surface area contributed by atoms with Crippen molar-refractivity contribution < 1.29 is 5.11 Å². The van der Waals surface area contributed by atoms with Gasteiger partial charge < -0.3 is 10.0 Å². The van der Waals surface area contributed by atoms with E-state index in [1.165, 1.54) is 42.5 Å². The Hall–Kier alpha value is -1.84. The Morgan fingerprint density at radius 1 is 0.867 bits per heavy atom. The molecule has 2 aromatic rings. The van der Waals surface area contributed by atoms with Crippen molar-refractivity contribution >= 4 is 5.69 Å². The Morgan fingerprint density at radius 2 is 1.53 bits per heavy atom. The summed E-state index contributed by atoms with van der Waals surface area (Å²) in [4.78, 5) is 4.61. The molecule has 3 heteroatoms. The van der Waals surface area contributed by atoms with Gasteiger partial charge in [-0.25, -0.2) is 0 Å². The fourth-order valence-electron chi connectivity index (χ4n) is 5.45. The Morgan fingerprint density at radius 3 is 2.20 bits per heavy atom. The van der Waals surface area contributed by atoms with Crippen molar-refractivity contribution in [2.75, 3.05) is 24.5 Å². The number of aliphatic hydroxyl groups is 1. The molecule has 0 bridgehead atoms. The van der Waals surface area contributed by atoms with E-state index in [-0.39, 0.29) is 0 Å². The first-order valence-corrected chi connectivity index (χ1v) is 11.7. The highest BCUT2D eigenvalue weighted by Gasteiger charge is 2.33. The normalized spacial score (nSPS) is 26.0. The zero-order chi connectivity index (χ0) is 21.1. The number of hydrogen-bond acceptors (Lipinski definition) is 3. The minimum atomic E-state index is -0.450. The van der Waals surface area contributed by atoms with Crippen LogP contribution >= 0.6 is 0 Å². The lowest BCUT2D eigenvalue weighted by Crippen LogP contribution is -2.53. The minimum Gasteiger partial charge on any atom is -0.372 e. The topological polar surface area (TPSA) is 26.7 Å². The lowest BCUT2D eigenvalue weighted by atomic mass is 9.68. The van der Waals surface area contributed by atoms with Gasteiger partial charge in [0.25, 0.3) is 0 Å². The Bertz CT molecular complexity index is 805. The number of piperazine rings is 1. The first-order chi connectivity index (χ1) is 14.4. The lowest BCUT2D eigenvalue weighted by molar-refractivity contribution is 0.0777. The maximum atomic E-state index is 11.0. The van der Waals surface area contributed by atoms with Crippen LogP contribution in [-0.4, -0.2) is 35.9 Å². The van der Waals surface area contributed by atoms with Crippen LogP contribution in [0.3, 0.4) is 0 Å². The number of hydrogen-bond donors (Lipinski definition) is 1. The molecule has 2 aliphatic rings. The molecule has 1 aliphatic carbocycles. The van der Waals surface area contributed by atoms with Gasteiger partial charge in [-0.1, -0.05) is 69.3 Å². The van der Waals surface area contributed by atoms with Crippen molar-refractivity contribution in [3.63, 3.8) is 0 Å². The molecule has 3 nitrogen and oxygen atoms in total. The van der Waals surface area contributed by atoms with E-state index in [4.69, 9.17) is 0 Å². The van der Waals surface area contributed by atoms with Gasteiger partial charge in [0.1, 0.15) is 6.23 Å². The summed E-state index contributed by atoms with van der Waals surface area (Å²) in [6, 6.07) is 19.4. The van der Waals surface area contributed by atoms with Crippen molar-refractivity contribution in [3.8, 4) is 0 Å². The Balaban J connectivity index is 1.43. The molecular formula is C27H38N2O. The molecule has 1 saturated heterocycles. The van der Waals surface area contributed by atoms with Crippen molar-refractivity contribution in [2.24, 2.45) is 11.3 Å². The van der Waals surface area contributed by atoms with Crippen molar-refractivity contribution in [3.05, 3.63) is 65.7 Å². The van der Waals surface area contributed by atoms with Crippen LogP contribution in [0.15, 0.2) is 54.6 Å². The smallest absolute Gasteiger partial charge is 0.139 e. The van der Waals surface area contributed by atoms with Gasteiger partial charge in [0, 0.05) is 31.9 Å². The number of para-hydroxylation sites is 1. The van der Waals surface area contributed by atoms with Gasteiger partial charge in [0.15, 0.2) is 0 Å². The summed E-state index contributed by atoms with van der Waals surface area (Å²) >= 11 is 0. The zero-order valence-corrected chi connectivity index (χ0v) is 18.9. The molecule has 1 heterocycles. The van der Waals surface area contributed by atoms with Crippen LogP contribution in [0.25, 0.3) is 0 Å². The Labute approximate surface area is 182 Å². The number of anilines is 1. The molecular weight excluding hydrogens is 368 g/mol. The lowest BCUT2D eigenvalue weighted by Gasteiger charge is -2.42. The molecule has 0 aromatic heterocycles. The highest BCUT2D eigenvalue weighted by Crippen LogP contribution is 2.45. The number of benzene rings is 2. The summed E-state index contributed by atoms with van der Waals surface area (Å²) in [5.41, 5.74) is 4.42. The molecule has 30 heavy (non-hydrogen) atoms. The van der Waals surface area contributed by atoms with E-state index in [1.54, 1.807) is 0 Å². The number of β-amino-alcohol motifs (C(OH)–C–C–N with tert-alkyl or cyclic N) is 1. The third kappa shape index (κ3) is 4.90. The summed E-state index contributed by atoms with van der Waals surface area (Å²) in [6.07, 6.45) is 4.72. The fraction of sp³-hybridized carbons (Fsp3) is 0.556. The molecule has 0 spiro atoms. The Kier molecular flexibility index (Phi) is 6.50. The maximum Gasteiger partial charge on any atom is 0.139 e. The largest absolute Gasteiger partial charge is 0.372 e. The molecule has 0 amide bonds. The van der Waals surface area contributed by atoms with E-state index < -0.39 is 6.23 Å². The predicted molar refractivity (Wildman–Crippen MR) is 126 cm³/mol. The second-order valence-electron chi connectivity index (χ2n) is 10.4. The van der Waals surface area contributed by atoms with E-state index in [2.05, 4.69) is 85.2 Å². The zero-order valence-electron chi connectivity index (χ0n) is 18.9. The van der Waals surface area contributed by atoms with Crippen molar-refractivity contribution in [1.29, 1.82) is 0 Å². The van der Waals surface area contributed by atoms with Crippen LogP contribution in [0.1, 0.15) is 63.5 Å². The molecule has 1 unspecified atom stereocenters. The van der Waals surface area contributed by atoms with Gasteiger partial charge in [-0.05, 0) is 60.1 Å². The average molecular weight is 407 g/mol. The molecule has 1 saturated carbocycles. The number of nitrogens with zero attached hydrogens (tertiary/aromatic N) is 2. The first-order valence-electron chi connectivity index (χ1n) is 11.7. The second kappa shape index (κ2) is 9.11. The monoisotopic (exact) mass is 406 g/mol. The number of rotatable bonds is 4. The fourth-order valence-corrected chi connectivity index (χ4v) is 5.45. The van der Waals surface area contributed by atoms with E-state index in [0.717, 1.165) is 25.6 Å². The summed E-state index contributed by atoms with van der Waals surface area (Å²) < 4.78 is 0. The summed E-state index contributed by atoms with van der Waals surface area (Å²) in [6.45, 7) is 10.6. The average Bonchev–Trinajstić information content (AvgIpc) is 2.74. The maximum absolute atomic E-state index is 11.0.